The van der Waals surface area contributed by atoms with E-state index in [-0.39, 0.29) is 5.69 Å². The first-order valence-electron chi connectivity index (χ1n) is 9.05. The van der Waals surface area contributed by atoms with Gasteiger partial charge in [0.15, 0.2) is 5.69 Å². The molecule has 7 heteroatoms. The number of fused-ring (bicyclic) bond motifs is 1. The standard InChI is InChI=1S/C19H25N3O4/c1-25-12-6-11-20-19(24)22-17-16(21-13-7-2-3-8-13)14-9-4-5-10-15(14)26-18(17)23/h4-5,9-10,13,21H,2-3,6-8,11-12H2,1H3,(H2,20,22,24). The van der Waals surface area contributed by atoms with Gasteiger partial charge in [-0.15, -0.1) is 0 Å². The zero-order chi connectivity index (χ0) is 18.4. The molecule has 3 N–H and O–H groups in total. The fourth-order valence-corrected chi connectivity index (χ4v) is 3.26. The molecule has 0 spiro atoms. The Kier molecular flexibility index (Phi) is 6.12. The van der Waals surface area contributed by atoms with Gasteiger partial charge in [0.1, 0.15) is 5.58 Å². The van der Waals surface area contributed by atoms with Gasteiger partial charge >= 0.3 is 11.7 Å². The maximum Gasteiger partial charge on any atom is 0.362 e. The molecule has 1 aliphatic rings. The number of ether oxygens (including phenoxy) is 1. The molecule has 1 aromatic carbocycles. The van der Waals surface area contributed by atoms with Gasteiger partial charge in [-0.1, -0.05) is 25.0 Å². The molecule has 1 fully saturated rings. The lowest BCUT2D eigenvalue weighted by molar-refractivity contribution is 0.194. The highest BCUT2D eigenvalue weighted by atomic mass is 16.5. The summed E-state index contributed by atoms with van der Waals surface area (Å²) in [6.07, 6.45) is 5.14. The zero-order valence-corrected chi connectivity index (χ0v) is 15.0. The van der Waals surface area contributed by atoms with Gasteiger partial charge in [-0.3, -0.25) is 5.32 Å². The van der Waals surface area contributed by atoms with Gasteiger partial charge in [0.25, 0.3) is 0 Å². The number of rotatable bonds is 7. The van der Waals surface area contributed by atoms with Crippen molar-refractivity contribution in [2.45, 2.75) is 38.1 Å². The van der Waals surface area contributed by atoms with Crippen molar-refractivity contribution in [3.63, 3.8) is 0 Å². The fraction of sp³-hybridized carbons (Fsp3) is 0.474. The lowest BCUT2D eigenvalue weighted by Gasteiger charge is -2.18. The van der Waals surface area contributed by atoms with Crippen LogP contribution in [0.4, 0.5) is 16.2 Å². The average Bonchev–Trinajstić information content (AvgIpc) is 3.15. The summed E-state index contributed by atoms with van der Waals surface area (Å²) in [4.78, 5) is 24.7. The number of hydrogen-bond acceptors (Lipinski definition) is 5. The van der Waals surface area contributed by atoms with Crippen molar-refractivity contribution >= 4 is 28.4 Å². The van der Waals surface area contributed by atoms with E-state index in [0.29, 0.717) is 36.9 Å². The molecule has 26 heavy (non-hydrogen) atoms. The molecule has 1 aliphatic carbocycles. The van der Waals surface area contributed by atoms with E-state index >= 15 is 0 Å². The molecule has 0 bridgehead atoms. The number of carbonyl (C=O) groups is 1. The Morgan fingerprint density at radius 1 is 1.23 bits per heavy atom. The van der Waals surface area contributed by atoms with Gasteiger partial charge in [-0.25, -0.2) is 9.59 Å². The van der Waals surface area contributed by atoms with Gasteiger partial charge in [0.05, 0.1) is 5.69 Å². The average molecular weight is 359 g/mol. The number of carbonyl (C=O) groups excluding carboxylic acids is 1. The first kappa shape index (κ1) is 18.3. The molecule has 2 aromatic rings. The van der Waals surface area contributed by atoms with Crippen molar-refractivity contribution in [3.8, 4) is 0 Å². The van der Waals surface area contributed by atoms with Crippen LogP contribution in [0.1, 0.15) is 32.1 Å². The van der Waals surface area contributed by atoms with Crippen LogP contribution in [0.2, 0.25) is 0 Å². The van der Waals surface area contributed by atoms with Crippen LogP contribution in [0.25, 0.3) is 11.0 Å². The molecule has 0 saturated heterocycles. The summed E-state index contributed by atoms with van der Waals surface area (Å²) in [5, 5.41) is 9.62. The molecular weight excluding hydrogens is 334 g/mol. The van der Waals surface area contributed by atoms with Gasteiger partial charge in [0, 0.05) is 31.7 Å². The zero-order valence-electron chi connectivity index (χ0n) is 15.0. The molecule has 0 unspecified atom stereocenters. The largest absolute Gasteiger partial charge is 0.421 e. The Morgan fingerprint density at radius 3 is 2.77 bits per heavy atom. The van der Waals surface area contributed by atoms with Crippen LogP contribution < -0.4 is 21.6 Å². The quantitative estimate of drug-likeness (QED) is 0.521. The summed E-state index contributed by atoms with van der Waals surface area (Å²) in [6, 6.07) is 7.21. The molecule has 3 rings (SSSR count). The highest BCUT2D eigenvalue weighted by Crippen LogP contribution is 2.32. The monoisotopic (exact) mass is 359 g/mol. The molecule has 7 nitrogen and oxygen atoms in total. The van der Waals surface area contributed by atoms with Crippen LogP contribution in [-0.2, 0) is 4.74 Å². The third kappa shape index (κ3) is 4.35. The molecule has 2 amide bonds. The first-order valence-corrected chi connectivity index (χ1v) is 9.05. The number of anilines is 2. The minimum atomic E-state index is -0.559. The van der Waals surface area contributed by atoms with Crippen molar-refractivity contribution in [2.24, 2.45) is 0 Å². The van der Waals surface area contributed by atoms with E-state index in [2.05, 4.69) is 16.0 Å². The second-order valence-corrected chi connectivity index (χ2v) is 6.49. The first-order chi connectivity index (χ1) is 12.7. The summed E-state index contributed by atoms with van der Waals surface area (Å²) in [5.74, 6) is 0. The minimum absolute atomic E-state index is 0.153. The molecule has 0 radical (unpaired) electrons. The number of amides is 2. The Labute approximate surface area is 152 Å². The number of urea groups is 1. The third-order valence-corrected chi connectivity index (χ3v) is 4.57. The fourth-order valence-electron chi connectivity index (χ4n) is 3.26. The SMILES string of the molecule is COCCCNC(=O)Nc1c(NC2CCCC2)c2ccccc2oc1=O. The smallest absolute Gasteiger partial charge is 0.362 e. The minimum Gasteiger partial charge on any atom is -0.421 e. The van der Waals surface area contributed by atoms with Crippen molar-refractivity contribution < 1.29 is 13.9 Å². The number of hydrogen-bond donors (Lipinski definition) is 3. The van der Waals surface area contributed by atoms with Crippen LogP contribution >= 0.6 is 0 Å². The number of methoxy groups -OCH3 is 1. The lowest BCUT2D eigenvalue weighted by atomic mass is 10.1. The highest BCUT2D eigenvalue weighted by molar-refractivity contribution is 6.01. The van der Waals surface area contributed by atoms with Crippen LogP contribution in [0.15, 0.2) is 33.5 Å². The number of benzene rings is 1. The predicted molar refractivity (Wildman–Crippen MR) is 102 cm³/mol. The van der Waals surface area contributed by atoms with E-state index in [4.69, 9.17) is 9.15 Å². The Balaban J connectivity index is 1.86. The van der Waals surface area contributed by atoms with Crippen molar-refractivity contribution in [3.05, 3.63) is 34.7 Å². The molecule has 1 aromatic heterocycles. The Bertz CT molecular complexity index is 812. The maximum absolute atomic E-state index is 12.5. The van der Waals surface area contributed by atoms with E-state index < -0.39 is 11.7 Å². The van der Waals surface area contributed by atoms with E-state index in [9.17, 15) is 9.59 Å². The topological polar surface area (TPSA) is 92.6 Å². The molecule has 0 atom stereocenters. The van der Waals surface area contributed by atoms with Crippen LogP contribution in [0.5, 0.6) is 0 Å². The normalized spacial score (nSPS) is 14.5. The Morgan fingerprint density at radius 2 is 2.00 bits per heavy atom. The van der Waals surface area contributed by atoms with Crippen molar-refractivity contribution in [2.75, 3.05) is 30.9 Å². The van der Waals surface area contributed by atoms with E-state index in [1.165, 1.54) is 12.8 Å². The van der Waals surface area contributed by atoms with E-state index in [1.807, 2.05) is 18.2 Å². The summed E-state index contributed by atoms with van der Waals surface area (Å²) in [5.41, 5.74) is 0.732. The van der Waals surface area contributed by atoms with Gasteiger partial charge < -0.3 is 19.8 Å². The second kappa shape index (κ2) is 8.71. The van der Waals surface area contributed by atoms with Crippen LogP contribution in [0.3, 0.4) is 0 Å². The second-order valence-electron chi connectivity index (χ2n) is 6.49. The summed E-state index contributed by atoms with van der Waals surface area (Å²) in [6.45, 7) is 1.02. The summed E-state index contributed by atoms with van der Waals surface area (Å²) in [7, 11) is 1.61. The summed E-state index contributed by atoms with van der Waals surface area (Å²) < 4.78 is 10.3. The van der Waals surface area contributed by atoms with Gasteiger partial charge in [0.2, 0.25) is 0 Å². The predicted octanol–water partition coefficient (Wildman–Crippen LogP) is 3.31. The van der Waals surface area contributed by atoms with Crippen molar-refractivity contribution in [1.82, 2.24) is 5.32 Å². The maximum atomic E-state index is 12.5. The van der Waals surface area contributed by atoms with E-state index in [1.54, 1.807) is 13.2 Å². The highest BCUT2D eigenvalue weighted by Gasteiger charge is 2.21. The van der Waals surface area contributed by atoms with Crippen LogP contribution in [-0.4, -0.2) is 32.3 Å². The Hall–Kier alpha value is -2.54. The van der Waals surface area contributed by atoms with E-state index in [0.717, 1.165) is 18.2 Å². The summed E-state index contributed by atoms with van der Waals surface area (Å²) >= 11 is 0. The third-order valence-electron chi connectivity index (χ3n) is 4.57. The van der Waals surface area contributed by atoms with Gasteiger partial charge in [-0.05, 0) is 31.4 Å². The van der Waals surface area contributed by atoms with Gasteiger partial charge in [-0.2, -0.15) is 0 Å². The number of para-hydroxylation sites is 1. The molecule has 0 aliphatic heterocycles. The number of nitrogens with one attached hydrogen (secondary N) is 3. The molecular formula is C19H25N3O4. The van der Waals surface area contributed by atoms with Crippen LogP contribution in [0, 0.1) is 0 Å². The lowest BCUT2D eigenvalue weighted by Crippen LogP contribution is -2.32. The van der Waals surface area contributed by atoms with Crippen molar-refractivity contribution in [1.29, 1.82) is 0 Å². The molecule has 140 valence electrons. The molecule has 1 heterocycles. The molecule has 1 saturated carbocycles.